The monoisotopic (exact) mass is 267 g/mol. The first-order chi connectivity index (χ1) is 9.29. The lowest BCUT2D eigenvalue weighted by Gasteiger charge is -2.33. The highest BCUT2D eigenvalue weighted by atomic mass is 15.4. The van der Waals surface area contributed by atoms with Crippen LogP contribution in [0.3, 0.4) is 0 Å². The molecule has 0 aliphatic carbocycles. The van der Waals surface area contributed by atoms with Gasteiger partial charge in [0.1, 0.15) is 0 Å². The molecule has 0 N–H and O–H groups in total. The van der Waals surface area contributed by atoms with Crippen LogP contribution in [0.2, 0.25) is 0 Å². The van der Waals surface area contributed by atoms with Gasteiger partial charge in [-0.05, 0) is 19.8 Å². The van der Waals surface area contributed by atoms with Gasteiger partial charge in [0.05, 0.1) is 0 Å². The Bertz CT molecular complexity index is 250. The highest BCUT2D eigenvalue weighted by molar-refractivity contribution is 5.80. The Morgan fingerprint density at radius 1 is 1.05 bits per heavy atom. The van der Waals surface area contributed by atoms with E-state index in [1.807, 2.05) is 0 Å². The van der Waals surface area contributed by atoms with Gasteiger partial charge in [0.2, 0.25) is 0 Å². The molecule has 1 rings (SSSR count). The van der Waals surface area contributed by atoms with E-state index in [1.54, 1.807) is 0 Å². The zero-order valence-electron chi connectivity index (χ0n) is 13.3. The molecule has 3 nitrogen and oxygen atoms in total. The fraction of sp³-hybridized carbons (Fsp3) is 0.938. The lowest BCUT2D eigenvalue weighted by atomic mass is 10.1. The predicted octanol–water partition coefficient (Wildman–Crippen LogP) is 3.75. The van der Waals surface area contributed by atoms with Gasteiger partial charge >= 0.3 is 0 Å². The van der Waals surface area contributed by atoms with E-state index in [4.69, 9.17) is 0 Å². The molecule has 0 spiro atoms. The van der Waals surface area contributed by atoms with Crippen molar-refractivity contribution in [2.45, 2.75) is 65.2 Å². The summed E-state index contributed by atoms with van der Waals surface area (Å²) >= 11 is 0. The molecule has 3 heteroatoms. The van der Waals surface area contributed by atoms with Crippen molar-refractivity contribution in [3.8, 4) is 0 Å². The maximum atomic E-state index is 4.69. The third kappa shape index (κ3) is 6.31. The van der Waals surface area contributed by atoms with Crippen LogP contribution in [-0.2, 0) is 0 Å². The molecule has 0 saturated heterocycles. The summed E-state index contributed by atoms with van der Waals surface area (Å²) in [4.78, 5) is 9.45. The van der Waals surface area contributed by atoms with Gasteiger partial charge in [0.15, 0.2) is 5.96 Å². The van der Waals surface area contributed by atoms with Gasteiger partial charge in [-0.15, -0.1) is 0 Å². The summed E-state index contributed by atoms with van der Waals surface area (Å²) in [5.74, 6) is 1.22. The predicted molar refractivity (Wildman–Crippen MR) is 84.8 cm³/mol. The van der Waals surface area contributed by atoms with E-state index in [0.29, 0.717) is 0 Å². The molecule has 1 heterocycles. The molecule has 0 saturated carbocycles. The van der Waals surface area contributed by atoms with Crippen LogP contribution in [0.25, 0.3) is 0 Å². The second-order valence-electron chi connectivity index (χ2n) is 5.66. The zero-order valence-corrected chi connectivity index (χ0v) is 13.3. The van der Waals surface area contributed by atoms with Crippen molar-refractivity contribution in [1.82, 2.24) is 9.80 Å². The second-order valence-corrected chi connectivity index (χ2v) is 5.66. The van der Waals surface area contributed by atoms with Gasteiger partial charge in [-0.2, -0.15) is 0 Å². The Kier molecular flexibility index (Phi) is 8.68. The van der Waals surface area contributed by atoms with Gasteiger partial charge in [0, 0.05) is 33.2 Å². The minimum atomic E-state index is 1.01. The van der Waals surface area contributed by atoms with Crippen molar-refractivity contribution >= 4 is 5.96 Å². The minimum absolute atomic E-state index is 1.01. The summed E-state index contributed by atoms with van der Waals surface area (Å²) in [6.07, 6.45) is 10.9. The van der Waals surface area contributed by atoms with Crippen molar-refractivity contribution in [3.63, 3.8) is 0 Å². The van der Waals surface area contributed by atoms with Crippen LogP contribution in [0, 0.1) is 0 Å². The van der Waals surface area contributed by atoms with E-state index in [2.05, 4.69) is 35.7 Å². The van der Waals surface area contributed by atoms with Crippen molar-refractivity contribution in [3.05, 3.63) is 0 Å². The molecule has 0 aromatic carbocycles. The lowest BCUT2D eigenvalue weighted by molar-refractivity contribution is 0.331. The summed E-state index contributed by atoms with van der Waals surface area (Å²) in [5, 5.41) is 0. The molecular formula is C16H33N3. The average Bonchev–Trinajstić information content (AvgIpc) is 2.43. The van der Waals surface area contributed by atoms with Crippen molar-refractivity contribution in [2.24, 2.45) is 4.99 Å². The molecule has 0 aromatic rings. The van der Waals surface area contributed by atoms with Gasteiger partial charge in [0.25, 0.3) is 0 Å². The SMILES string of the molecule is CCCCCCCCCN(CC)C1=NCCCN1C. The molecule has 0 aromatic heterocycles. The molecule has 0 radical (unpaired) electrons. The molecule has 19 heavy (non-hydrogen) atoms. The Morgan fingerprint density at radius 2 is 1.74 bits per heavy atom. The van der Waals surface area contributed by atoms with Crippen LogP contribution >= 0.6 is 0 Å². The quantitative estimate of drug-likeness (QED) is 0.593. The molecule has 0 unspecified atom stereocenters. The van der Waals surface area contributed by atoms with E-state index < -0.39 is 0 Å². The standard InChI is InChI=1S/C16H33N3/c1-4-6-7-8-9-10-11-15-19(5-2)16-17-13-12-14-18(16)3/h4-15H2,1-3H3. The molecule has 1 aliphatic rings. The maximum absolute atomic E-state index is 4.69. The van der Waals surface area contributed by atoms with E-state index >= 15 is 0 Å². The summed E-state index contributed by atoms with van der Waals surface area (Å²) in [6, 6.07) is 0. The van der Waals surface area contributed by atoms with E-state index in [1.165, 1.54) is 63.9 Å². The highest BCUT2D eigenvalue weighted by Crippen LogP contribution is 2.10. The first kappa shape index (κ1) is 16.3. The number of hydrogen-bond donors (Lipinski definition) is 0. The lowest BCUT2D eigenvalue weighted by Crippen LogP contribution is -2.45. The molecule has 0 bridgehead atoms. The number of unbranched alkanes of at least 4 members (excludes halogenated alkanes) is 6. The van der Waals surface area contributed by atoms with Crippen LogP contribution in [0.15, 0.2) is 4.99 Å². The smallest absolute Gasteiger partial charge is 0.196 e. The number of nitrogens with zero attached hydrogens (tertiary/aromatic N) is 3. The fourth-order valence-electron chi connectivity index (χ4n) is 2.71. The number of rotatable bonds is 9. The van der Waals surface area contributed by atoms with Crippen molar-refractivity contribution < 1.29 is 0 Å². The second kappa shape index (κ2) is 10.1. The summed E-state index contributed by atoms with van der Waals surface area (Å²) in [5.41, 5.74) is 0. The van der Waals surface area contributed by atoms with Gasteiger partial charge < -0.3 is 9.80 Å². The Labute approximate surface area is 120 Å². The van der Waals surface area contributed by atoms with Crippen LogP contribution in [-0.4, -0.2) is 49.0 Å². The Hall–Kier alpha value is -0.730. The minimum Gasteiger partial charge on any atom is -0.346 e. The summed E-state index contributed by atoms with van der Waals surface area (Å²) < 4.78 is 0. The van der Waals surface area contributed by atoms with Crippen LogP contribution in [0.1, 0.15) is 65.2 Å². The molecule has 0 atom stereocenters. The van der Waals surface area contributed by atoms with Crippen molar-refractivity contribution in [1.29, 1.82) is 0 Å². The summed E-state index contributed by atoms with van der Waals surface area (Å²) in [6.45, 7) is 8.94. The number of guanidine groups is 1. The van der Waals surface area contributed by atoms with Crippen LogP contribution in [0.5, 0.6) is 0 Å². The molecular weight excluding hydrogens is 234 g/mol. The molecule has 1 aliphatic heterocycles. The Balaban J connectivity index is 2.16. The van der Waals surface area contributed by atoms with Crippen molar-refractivity contribution in [2.75, 3.05) is 33.2 Å². The topological polar surface area (TPSA) is 18.8 Å². The molecule has 0 amide bonds. The largest absolute Gasteiger partial charge is 0.346 e. The van der Waals surface area contributed by atoms with E-state index in [-0.39, 0.29) is 0 Å². The summed E-state index contributed by atoms with van der Waals surface area (Å²) in [7, 11) is 2.17. The fourth-order valence-corrected chi connectivity index (χ4v) is 2.71. The molecule has 0 fully saturated rings. The maximum Gasteiger partial charge on any atom is 0.196 e. The number of aliphatic imine (C=N–C) groups is 1. The Morgan fingerprint density at radius 3 is 2.37 bits per heavy atom. The van der Waals surface area contributed by atoms with E-state index in [0.717, 1.165) is 19.6 Å². The first-order valence-corrected chi connectivity index (χ1v) is 8.30. The van der Waals surface area contributed by atoms with Crippen LogP contribution in [0.4, 0.5) is 0 Å². The molecule has 112 valence electrons. The van der Waals surface area contributed by atoms with Crippen LogP contribution < -0.4 is 0 Å². The van der Waals surface area contributed by atoms with Gasteiger partial charge in [-0.25, -0.2) is 0 Å². The number of hydrogen-bond acceptors (Lipinski definition) is 3. The first-order valence-electron chi connectivity index (χ1n) is 8.30. The van der Waals surface area contributed by atoms with E-state index in [9.17, 15) is 0 Å². The van der Waals surface area contributed by atoms with Gasteiger partial charge in [-0.3, -0.25) is 4.99 Å². The average molecular weight is 267 g/mol. The third-order valence-corrected chi connectivity index (χ3v) is 3.94. The van der Waals surface area contributed by atoms with Gasteiger partial charge in [-0.1, -0.05) is 45.4 Å². The normalized spacial score (nSPS) is 15.5. The third-order valence-electron chi connectivity index (χ3n) is 3.94. The highest BCUT2D eigenvalue weighted by Gasteiger charge is 2.16. The zero-order chi connectivity index (χ0) is 13.9.